The van der Waals surface area contributed by atoms with E-state index in [9.17, 15) is 14.0 Å². The highest BCUT2D eigenvalue weighted by Gasteiger charge is 2.26. The van der Waals surface area contributed by atoms with Crippen LogP contribution in [0.4, 0.5) is 4.39 Å². The van der Waals surface area contributed by atoms with Crippen LogP contribution in [0.3, 0.4) is 0 Å². The molecule has 0 spiro atoms. The summed E-state index contributed by atoms with van der Waals surface area (Å²) in [4.78, 5) is 31.9. The molecule has 1 N–H and O–H groups in total. The second-order valence-corrected chi connectivity index (χ2v) is 6.87. The van der Waals surface area contributed by atoms with E-state index in [1.165, 1.54) is 24.3 Å². The molecule has 2 aromatic carbocycles. The highest BCUT2D eigenvalue weighted by molar-refractivity contribution is 5.98. The first-order valence-corrected chi connectivity index (χ1v) is 8.95. The Hall–Kier alpha value is -3.15. The van der Waals surface area contributed by atoms with Crippen LogP contribution >= 0.6 is 0 Å². The van der Waals surface area contributed by atoms with Crippen molar-refractivity contribution in [3.05, 3.63) is 71.2 Å². The second kappa shape index (κ2) is 6.87. The van der Waals surface area contributed by atoms with Gasteiger partial charge in [0.25, 0.3) is 11.8 Å². The Morgan fingerprint density at radius 1 is 0.889 bits per heavy atom. The van der Waals surface area contributed by atoms with Gasteiger partial charge in [0, 0.05) is 42.6 Å². The highest BCUT2D eigenvalue weighted by Crippen LogP contribution is 2.19. The molecule has 0 atom stereocenters. The fourth-order valence-electron chi connectivity index (χ4n) is 3.41. The van der Waals surface area contributed by atoms with Crippen molar-refractivity contribution in [3.8, 4) is 0 Å². The number of aryl methyl sites for hydroxylation is 1. The third kappa shape index (κ3) is 3.43. The number of benzene rings is 2. The van der Waals surface area contributed by atoms with Crippen molar-refractivity contribution in [2.24, 2.45) is 0 Å². The molecule has 1 aliphatic rings. The molecule has 27 heavy (non-hydrogen) atoms. The monoisotopic (exact) mass is 365 g/mol. The molecular formula is C21H20FN3O2. The molecule has 5 nitrogen and oxygen atoms in total. The number of aromatic nitrogens is 1. The molecular weight excluding hydrogens is 345 g/mol. The Morgan fingerprint density at radius 3 is 2.19 bits per heavy atom. The maximum Gasteiger partial charge on any atom is 0.270 e. The number of fused-ring (bicyclic) bond motifs is 1. The summed E-state index contributed by atoms with van der Waals surface area (Å²) >= 11 is 0. The van der Waals surface area contributed by atoms with Crippen molar-refractivity contribution in [2.75, 3.05) is 26.2 Å². The summed E-state index contributed by atoms with van der Waals surface area (Å²) in [6.45, 7) is 3.88. The van der Waals surface area contributed by atoms with Gasteiger partial charge in [-0.15, -0.1) is 0 Å². The average Bonchev–Trinajstić information content (AvgIpc) is 3.11. The molecule has 1 aliphatic heterocycles. The fraction of sp³-hybridized carbons (Fsp3) is 0.238. The van der Waals surface area contributed by atoms with Gasteiger partial charge >= 0.3 is 0 Å². The number of nitrogens with one attached hydrogen (secondary N) is 1. The number of hydrogen-bond donors (Lipinski definition) is 1. The summed E-state index contributed by atoms with van der Waals surface area (Å²) in [6.07, 6.45) is 0. The van der Waals surface area contributed by atoms with Crippen LogP contribution in [0, 0.1) is 12.7 Å². The van der Waals surface area contributed by atoms with E-state index >= 15 is 0 Å². The molecule has 0 bridgehead atoms. The molecule has 0 saturated carbocycles. The molecule has 138 valence electrons. The van der Waals surface area contributed by atoms with Gasteiger partial charge in [0.15, 0.2) is 0 Å². The van der Waals surface area contributed by atoms with Crippen molar-refractivity contribution < 1.29 is 14.0 Å². The van der Waals surface area contributed by atoms with Crippen LogP contribution < -0.4 is 0 Å². The topological polar surface area (TPSA) is 56.4 Å². The zero-order valence-corrected chi connectivity index (χ0v) is 15.0. The van der Waals surface area contributed by atoms with Gasteiger partial charge < -0.3 is 14.8 Å². The van der Waals surface area contributed by atoms with Gasteiger partial charge in [0.2, 0.25) is 0 Å². The summed E-state index contributed by atoms with van der Waals surface area (Å²) in [5.41, 5.74) is 3.11. The molecule has 1 saturated heterocycles. The van der Waals surface area contributed by atoms with Crippen molar-refractivity contribution in [1.29, 1.82) is 0 Å². The number of H-pyrrole nitrogens is 1. The third-order valence-electron chi connectivity index (χ3n) is 4.95. The molecule has 0 aliphatic carbocycles. The molecule has 1 fully saturated rings. The average molecular weight is 365 g/mol. The zero-order valence-electron chi connectivity index (χ0n) is 15.0. The van der Waals surface area contributed by atoms with Crippen molar-refractivity contribution >= 4 is 22.7 Å². The van der Waals surface area contributed by atoms with Crippen molar-refractivity contribution in [3.63, 3.8) is 0 Å². The summed E-state index contributed by atoms with van der Waals surface area (Å²) in [5, 5.41) is 1.01. The molecule has 2 amide bonds. The lowest BCUT2D eigenvalue weighted by atomic mass is 10.1. The normalized spacial score (nSPS) is 14.6. The van der Waals surface area contributed by atoms with Crippen LogP contribution in [0.1, 0.15) is 26.4 Å². The minimum atomic E-state index is -0.365. The number of piperazine rings is 1. The smallest absolute Gasteiger partial charge is 0.270 e. The van der Waals surface area contributed by atoms with E-state index in [0.717, 1.165) is 16.5 Å². The first-order chi connectivity index (χ1) is 13.0. The van der Waals surface area contributed by atoms with Crippen LogP contribution in [-0.2, 0) is 0 Å². The molecule has 1 aromatic heterocycles. The van der Waals surface area contributed by atoms with E-state index in [2.05, 4.69) is 4.98 Å². The molecule has 4 rings (SSSR count). The van der Waals surface area contributed by atoms with Crippen molar-refractivity contribution in [1.82, 2.24) is 14.8 Å². The SMILES string of the molecule is Cc1ccc2cc(C(=O)N3CCN(C(=O)c4ccc(F)cc4)CC3)[nH]c2c1. The Bertz CT molecular complexity index is 1000. The number of hydrogen-bond acceptors (Lipinski definition) is 2. The summed E-state index contributed by atoms with van der Waals surface area (Å²) in [5.74, 6) is -0.559. The number of rotatable bonds is 2. The molecule has 0 radical (unpaired) electrons. The van der Waals surface area contributed by atoms with Crippen LogP contribution in [0.2, 0.25) is 0 Å². The summed E-state index contributed by atoms with van der Waals surface area (Å²) in [7, 11) is 0. The minimum absolute atomic E-state index is 0.0577. The van der Waals surface area contributed by atoms with E-state index in [1.54, 1.807) is 9.80 Å². The second-order valence-electron chi connectivity index (χ2n) is 6.87. The van der Waals surface area contributed by atoms with Gasteiger partial charge in [-0.2, -0.15) is 0 Å². The minimum Gasteiger partial charge on any atom is -0.351 e. The van der Waals surface area contributed by atoms with Gasteiger partial charge in [0.05, 0.1) is 0 Å². The summed E-state index contributed by atoms with van der Waals surface area (Å²) in [6, 6.07) is 13.4. The standard InChI is InChI=1S/C21H20FN3O2/c1-14-2-3-16-13-19(23-18(16)12-14)21(27)25-10-8-24(9-11-25)20(26)15-4-6-17(22)7-5-15/h2-7,12-13,23H,8-11H2,1H3. The van der Waals surface area contributed by atoms with Crippen LogP contribution in [0.25, 0.3) is 10.9 Å². The van der Waals surface area contributed by atoms with E-state index < -0.39 is 0 Å². The van der Waals surface area contributed by atoms with Crippen LogP contribution in [0.5, 0.6) is 0 Å². The van der Waals surface area contributed by atoms with Gasteiger partial charge in [-0.25, -0.2) is 4.39 Å². The quantitative estimate of drug-likeness (QED) is 0.758. The summed E-state index contributed by atoms with van der Waals surface area (Å²) < 4.78 is 13.0. The maximum atomic E-state index is 13.0. The lowest BCUT2D eigenvalue weighted by molar-refractivity contribution is 0.0533. The third-order valence-corrected chi connectivity index (χ3v) is 4.95. The first-order valence-electron chi connectivity index (χ1n) is 8.95. The molecule has 3 aromatic rings. The van der Waals surface area contributed by atoms with Crippen molar-refractivity contribution in [2.45, 2.75) is 6.92 Å². The van der Waals surface area contributed by atoms with E-state index in [-0.39, 0.29) is 17.6 Å². The number of halogens is 1. The molecule has 6 heteroatoms. The van der Waals surface area contributed by atoms with Crippen LogP contribution in [-0.4, -0.2) is 52.8 Å². The first kappa shape index (κ1) is 17.3. The van der Waals surface area contributed by atoms with Gasteiger partial charge in [-0.1, -0.05) is 12.1 Å². The van der Waals surface area contributed by atoms with Crippen LogP contribution in [0.15, 0.2) is 48.5 Å². The number of carbonyl (C=O) groups excluding carboxylic acids is 2. The largest absolute Gasteiger partial charge is 0.351 e. The Morgan fingerprint density at radius 2 is 1.52 bits per heavy atom. The lowest BCUT2D eigenvalue weighted by Crippen LogP contribution is -2.50. The number of carbonyl (C=O) groups is 2. The van der Waals surface area contributed by atoms with Gasteiger partial charge in [0.1, 0.15) is 11.5 Å². The Balaban J connectivity index is 1.42. The Labute approximate surface area is 156 Å². The van der Waals surface area contributed by atoms with Gasteiger partial charge in [-0.3, -0.25) is 9.59 Å². The van der Waals surface area contributed by atoms with E-state index in [4.69, 9.17) is 0 Å². The zero-order chi connectivity index (χ0) is 19.0. The van der Waals surface area contributed by atoms with E-state index in [1.807, 2.05) is 31.2 Å². The van der Waals surface area contributed by atoms with E-state index in [0.29, 0.717) is 37.4 Å². The Kier molecular flexibility index (Phi) is 4.39. The highest BCUT2D eigenvalue weighted by atomic mass is 19.1. The molecule has 2 heterocycles. The maximum absolute atomic E-state index is 13.0. The number of amides is 2. The number of nitrogens with zero attached hydrogens (tertiary/aromatic N) is 2. The predicted octanol–water partition coefficient (Wildman–Crippen LogP) is 3.21. The molecule has 0 unspecified atom stereocenters. The lowest BCUT2D eigenvalue weighted by Gasteiger charge is -2.34. The number of aromatic amines is 1. The van der Waals surface area contributed by atoms with Gasteiger partial charge in [-0.05, 0) is 48.9 Å². The fourth-order valence-corrected chi connectivity index (χ4v) is 3.41. The predicted molar refractivity (Wildman–Crippen MR) is 101 cm³/mol.